The predicted octanol–water partition coefficient (Wildman–Crippen LogP) is 2.82. The normalized spacial score (nSPS) is 14.5. The second-order valence-corrected chi connectivity index (χ2v) is 8.97. The summed E-state index contributed by atoms with van der Waals surface area (Å²) in [4.78, 5) is 26.0. The fourth-order valence-electron chi connectivity index (χ4n) is 3.36. The van der Waals surface area contributed by atoms with E-state index in [9.17, 15) is 18.0 Å². The van der Waals surface area contributed by atoms with Crippen LogP contribution in [-0.2, 0) is 17.1 Å². The van der Waals surface area contributed by atoms with Crippen LogP contribution in [0.25, 0.3) is 11.1 Å². The van der Waals surface area contributed by atoms with Crippen molar-refractivity contribution in [2.75, 3.05) is 17.8 Å². The zero-order chi connectivity index (χ0) is 20.8. The number of sulfonamides is 1. The minimum absolute atomic E-state index is 0.0982. The monoisotopic (exact) mass is 435 g/mol. The maximum atomic E-state index is 12.9. The molecule has 1 aliphatic heterocycles. The van der Waals surface area contributed by atoms with Crippen molar-refractivity contribution in [1.29, 1.82) is 0 Å². The molecule has 1 aromatic heterocycles. The van der Waals surface area contributed by atoms with Crippen LogP contribution in [-0.4, -0.2) is 36.9 Å². The molecule has 4 rings (SSSR count). The topological polar surface area (TPSA) is 102 Å². The average molecular weight is 436 g/mol. The summed E-state index contributed by atoms with van der Waals surface area (Å²) in [5, 5.41) is 0.296. The van der Waals surface area contributed by atoms with E-state index in [1.54, 1.807) is 11.0 Å². The van der Waals surface area contributed by atoms with Gasteiger partial charge >= 0.3 is 5.76 Å². The molecule has 152 valence electrons. The molecule has 29 heavy (non-hydrogen) atoms. The number of aryl methyl sites for hydroxylation is 1. The molecule has 1 amide bonds. The molecule has 0 spiro atoms. The molecule has 10 heteroatoms. The van der Waals surface area contributed by atoms with Crippen molar-refractivity contribution < 1.29 is 17.6 Å². The van der Waals surface area contributed by atoms with Gasteiger partial charge in [0.05, 0.1) is 21.7 Å². The number of hydrogen-bond acceptors (Lipinski definition) is 5. The van der Waals surface area contributed by atoms with Crippen molar-refractivity contribution in [3.05, 3.63) is 57.5 Å². The number of nitrogens with one attached hydrogen (secondary N) is 1. The van der Waals surface area contributed by atoms with Gasteiger partial charge in [-0.15, -0.1) is 0 Å². The molecule has 2 aromatic carbocycles. The van der Waals surface area contributed by atoms with Crippen molar-refractivity contribution in [3.63, 3.8) is 0 Å². The Labute approximate surface area is 171 Å². The minimum Gasteiger partial charge on any atom is -0.408 e. The summed E-state index contributed by atoms with van der Waals surface area (Å²) in [5.41, 5.74) is 0.956. The summed E-state index contributed by atoms with van der Waals surface area (Å²) in [6.45, 7) is 1.27. The van der Waals surface area contributed by atoms with Gasteiger partial charge in [-0.05, 0) is 43.2 Å². The van der Waals surface area contributed by atoms with E-state index in [0.717, 1.165) is 12.8 Å². The van der Waals surface area contributed by atoms with E-state index >= 15 is 0 Å². The molecule has 0 aliphatic carbocycles. The van der Waals surface area contributed by atoms with E-state index in [1.807, 2.05) is 0 Å². The Hall–Kier alpha value is -2.78. The number of hydrogen-bond donors (Lipinski definition) is 1. The van der Waals surface area contributed by atoms with E-state index in [1.165, 1.54) is 41.9 Å². The molecule has 1 fully saturated rings. The zero-order valence-corrected chi connectivity index (χ0v) is 17.1. The van der Waals surface area contributed by atoms with Crippen molar-refractivity contribution in [3.8, 4) is 0 Å². The number of aromatic nitrogens is 1. The molecule has 0 atom stereocenters. The standard InChI is InChI=1S/C19H18ClN3O5S/c1-22-16-7-5-13(11-17(16)28-19(22)25)29(26,27)21-15-10-12(20)4-6-14(15)18(24)23-8-2-3-9-23/h4-7,10-11,21H,2-3,8-9H2,1H3. The van der Waals surface area contributed by atoms with Gasteiger partial charge in [0.1, 0.15) is 0 Å². The Bertz CT molecular complexity index is 1270. The first kappa shape index (κ1) is 19.5. The molecule has 2 heterocycles. The molecular weight excluding hydrogens is 418 g/mol. The average Bonchev–Trinajstić information content (AvgIpc) is 3.30. The lowest BCUT2D eigenvalue weighted by molar-refractivity contribution is 0.0794. The summed E-state index contributed by atoms with van der Waals surface area (Å²) in [6, 6.07) is 8.60. The second-order valence-electron chi connectivity index (χ2n) is 6.85. The highest BCUT2D eigenvalue weighted by molar-refractivity contribution is 7.92. The predicted molar refractivity (Wildman–Crippen MR) is 109 cm³/mol. The number of fused-ring (bicyclic) bond motifs is 1. The van der Waals surface area contributed by atoms with Gasteiger partial charge in [-0.3, -0.25) is 14.1 Å². The number of halogens is 1. The summed E-state index contributed by atoms with van der Waals surface area (Å²) in [7, 11) is -2.52. The summed E-state index contributed by atoms with van der Waals surface area (Å²) in [6.07, 6.45) is 1.84. The number of amides is 1. The third-order valence-electron chi connectivity index (χ3n) is 4.92. The largest absolute Gasteiger partial charge is 0.419 e. The maximum Gasteiger partial charge on any atom is 0.419 e. The maximum absolute atomic E-state index is 12.9. The quantitative estimate of drug-likeness (QED) is 0.679. The van der Waals surface area contributed by atoms with Crippen LogP contribution >= 0.6 is 11.6 Å². The molecule has 8 nitrogen and oxygen atoms in total. The molecular formula is C19H18ClN3O5S. The van der Waals surface area contributed by atoms with Crippen LogP contribution in [0.2, 0.25) is 5.02 Å². The van der Waals surface area contributed by atoms with Crippen molar-refractivity contribution in [2.45, 2.75) is 17.7 Å². The van der Waals surface area contributed by atoms with Crippen LogP contribution < -0.4 is 10.5 Å². The first-order valence-corrected chi connectivity index (χ1v) is 10.8. The van der Waals surface area contributed by atoms with Crippen LogP contribution in [0.5, 0.6) is 0 Å². The highest BCUT2D eigenvalue weighted by Crippen LogP contribution is 2.27. The van der Waals surface area contributed by atoms with Crippen LogP contribution in [0.3, 0.4) is 0 Å². The molecule has 0 saturated carbocycles. The smallest absolute Gasteiger partial charge is 0.408 e. The Balaban J connectivity index is 1.72. The lowest BCUT2D eigenvalue weighted by Crippen LogP contribution is -2.28. The van der Waals surface area contributed by atoms with Crippen molar-refractivity contribution >= 4 is 44.3 Å². The van der Waals surface area contributed by atoms with Gasteiger partial charge < -0.3 is 9.32 Å². The number of likely N-dealkylation sites (tertiary alicyclic amines) is 1. The van der Waals surface area contributed by atoms with Crippen LogP contribution in [0, 0.1) is 0 Å². The minimum atomic E-state index is -4.06. The van der Waals surface area contributed by atoms with Gasteiger partial charge in [0.2, 0.25) is 0 Å². The van der Waals surface area contributed by atoms with Crippen LogP contribution in [0.1, 0.15) is 23.2 Å². The number of carbonyl (C=O) groups is 1. The van der Waals surface area contributed by atoms with E-state index < -0.39 is 15.8 Å². The van der Waals surface area contributed by atoms with Crippen molar-refractivity contribution in [1.82, 2.24) is 9.47 Å². The molecule has 1 saturated heterocycles. The Morgan fingerprint density at radius 2 is 1.86 bits per heavy atom. The van der Waals surface area contributed by atoms with Crippen molar-refractivity contribution in [2.24, 2.45) is 7.05 Å². The molecule has 3 aromatic rings. The SMILES string of the molecule is Cn1c(=O)oc2cc(S(=O)(=O)Nc3cc(Cl)ccc3C(=O)N3CCCC3)ccc21. The van der Waals surface area contributed by atoms with Gasteiger partial charge in [-0.2, -0.15) is 0 Å². The van der Waals surface area contributed by atoms with Gasteiger partial charge in [0.25, 0.3) is 15.9 Å². The molecule has 0 unspecified atom stereocenters. The zero-order valence-electron chi connectivity index (χ0n) is 15.5. The number of benzene rings is 2. The van der Waals surface area contributed by atoms with Gasteiger partial charge in [0.15, 0.2) is 5.58 Å². The Kier molecular flexibility index (Phi) is 4.87. The third kappa shape index (κ3) is 3.63. The number of carbonyl (C=O) groups excluding carboxylic acids is 1. The van der Waals surface area contributed by atoms with Gasteiger partial charge in [-0.1, -0.05) is 11.6 Å². The van der Waals surface area contributed by atoms with Gasteiger partial charge in [-0.25, -0.2) is 13.2 Å². The molecule has 1 N–H and O–H groups in total. The third-order valence-corrected chi connectivity index (χ3v) is 6.52. The van der Waals surface area contributed by atoms with E-state index in [0.29, 0.717) is 23.6 Å². The highest BCUT2D eigenvalue weighted by Gasteiger charge is 2.25. The van der Waals surface area contributed by atoms with Gasteiger partial charge in [0, 0.05) is 31.2 Å². The first-order valence-electron chi connectivity index (χ1n) is 8.97. The van der Waals surface area contributed by atoms with E-state index in [-0.39, 0.29) is 27.6 Å². The number of nitrogens with zero attached hydrogens (tertiary/aromatic N) is 2. The second kappa shape index (κ2) is 7.23. The van der Waals surface area contributed by atoms with E-state index in [4.69, 9.17) is 16.0 Å². The summed E-state index contributed by atoms with van der Waals surface area (Å²) < 4.78 is 34.7. The molecule has 0 bridgehead atoms. The fraction of sp³-hybridized carbons (Fsp3) is 0.263. The molecule has 0 radical (unpaired) electrons. The summed E-state index contributed by atoms with van der Waals surface area (Å²) >= 11 is 6.04. The van der Waals surface area contributed by atoms with Crippen LogP contribution in [0.4, 0.5) is 5.69 Å². The number of rotatable bonds is 4. The Morgan fingerprint density at radius 3 is 2.59 bits per heavy atom. The van der Waals surface area contributed by atoms with E-state index in [2.05, 4.69) is 4.72 Å². The number of oxazole rings is 1. The summed E-state index contributed by atoms with van der Waals surface area (Å²) in [5.74, 6) is -0.836. The highest BCUT2D eigenvalue weighted by atomic mass is 35.5. The first-order chi connectivity index (χ1) is 13.8. The number of anilines is 1. The lowest BCUT2D eigenvalue weighted by Gasteiger charge is -2.18. The van der Waals surface area contributed by atoms with Crippen LogP contribution in [0.15, 0.2) is 50.5 Å². The molecule has 1 aliphatic rings. The fourth-order valence-corrected chi connectivity index (χ4v) is 4.62. The Morgan fingerprint density at radius 1 is 1.14 bits per heavy atom. The lowest BCUT2D eigenvalue weighted by atomic mass is 10.1.